The maximum Gasteiger partial charge on any atom is 0.170 e. The second-order valence-electron chi connectivity index (χ2n) is 3.42. The van der Waals surface area contributed by atoms with Crippen LogP contribution in [0.1, 0.15) is 10.5 Å². The van der Waals surface area contributed by atoms with E-state index in [0.717, 1.165) is 22.7 Å². The van der Waals surface area contributed by atoms with Crippen molar-refractivity contribution in [2.45, 2.75) is 0 Å². The molecule has 2 heterocycles. The summed E-state index contributed by atoms with van der Waals surface area (Å²) in [4.78, 5) is 14.9. The largest absolute Gasteiger partial charge is 0.306 e. The number of carbonyl (C=O) groups excluding carboxylic acids is 1. The molecule has 3 rings (SSSR count). The van der Waals surface area contributed by atoms with Crippen LogP contribution < -0.4 is 0 Å². The van der Waals surface area contributed by atoms with Crippen molar-refractivity contribution >= 4 is 22.7 Å². The number of benzene rings is 1. The summed E-state index contributed by atoms with van der Waals surface area (Å²) >= 11 is 0. The monoisotopic (exact) mass is 196 g/mol. The third-order valence-corrected chi connectivity index (χ3v) is 2.49. The number of fused-ring (bicyclic) bond motifs is 3. The minimum Gasteiger partial charge on any atom is -0.306 e. The van der Waals surface area contributed by atoms with Crippen molar-refractivity contribution in [3.63, 3.8) is 0 Å². The molecule has 3 nitrogen and oxygen atoms in total. The summed E-state index contributed by atoms with van der Waals surface area (Å²) in [6, 6.07) is 10.0. The van der Waals surface area contributed by atoms with Gasteiger partial charge < -0.3 is 4.40 Å². The molecular formula is C12H8N2O. The molecule has 3 aromatic rings. The summed E-state index contributed by atoms with van der Waals surface area (Å²) in [6.45, 7) is 0. The zero-order valence-corrected chi connectivity index (χ0v) is 7.92. The van der Waals surface area contributed by atoms with Gasteiger partial charge in [-0.25, -0.2) is 4.98 Å². The Morgan fingerprint density at radius 2 is 2.07 bits per heavy atom. The van der Waals surface area contributed by atoms with Gasteiger partial charge in [-0.15, -0.1) is 0 Å². The normalized spacial score (nSPS) is 10.9. The number of nitrogens with zero attached hydrogens (tertiary/aromatic N) is 2. The summed E-state index contributed by atoms with van der Waals surface area (Å²) < 4.78 is 1.87. The van der Waals surface area contributed by atoms with Gasteiger partial charge in [0.1, 0.15) is 11.3 Å². The first-order chi connectivity index (χ1) is 7.38. The third kappa shape index (κ3) is 1.13. The van der Waals surface area contributed by atoms with Crippen LogP contribution in [0.4, 0.5) is 0 Å². The molecule has 0 saturated heterocycles. The number of aromatic nitrogens is 2. The third-order valence-electron chi connectivity index (χ3n) is 2.49. The molecule has 1 aromatic carbocycles. The number of carbonyl (C=O) groups is 1. The van der Waals surface area contributed by atoms with E-state index >= 15 is 0 Å². The zero-order chi connectivity index (χ0) is 10.3. The molecule has 0 fully saturated rings. The SMILES string of the molecule is O=Cc1cn2ccc3ccccc3c2n1. The number of rotatable bonds is 1. The quantitative estimate of drug-likeness (QED) is 0.559. The van der Waals surface area contributed by atoms with Crippen LogP contribution in [-0.4, -0.2) is 15.7 Å². The topological polar surface area (TPSA) is 34.4 Å². The number of hydrogen-bond donors (Lipinski definition) is 0. The summed E-state index contributed by atoms with van der Waals surface area (Å²) in [5.74, 6) is 0. The molecule has 15 heavy (non-hydrogen) atoms. The summed E-state index contributed by atoms with van der Waals surface area (Å²) in [5.41, 5.74) is 1.29. The Morgan fingerprint density at radius 1 is 1.20 bits per heavy atom. The number of hydrogen-bond acceptors (Lipinski definition) is 2. The van der Waals surface area contributed by atoms with E-state index in [2.05, 4.69) is 4.98 Å². The second kappa shape index (κ2) is 2.92. The first-order valence-electron chi connectivity index (χ1n) is 4.70. The van der Waals surface area contributed by atoms with Crippen LogP contribution in [0.2, 0.25) is 0 Å². The van der Waals surface area contributed by atoms with E-state index in [1.165, 1.54) is 0 Å². The molecule has 0 N–H and O–H groups in total. The van der Waals surface area contributed by atoms with Crippen LogP contribution in [0, 0.1) is 0 Å². The lowest BCUT2D eigenvalue weighted by Gasteiger charge is -1.98. The van der Waals surface area contributed by atoms with Gasteiger partial charge in [0.2, 0.25) is 0 Å². The lowest BCUT2D eigenvalue weighted by Crippen LogP contribution is -1.83. The van der Waals surface area contributed by atoms with E-state index in [4.69, 9.17) is 0 Å². The summed E-state index contributed by atoms with van der Waals surface area (Å²) in [6.07, 6.45) is 4.41. The molecule has 0 aliphatic heterocycles. The van der Waals surface area contributed by atoms with E-state index < -0.39 is 0 Å². The first kappa shape index (κ1) is 8.17. The van der Waals surface area contributed by atoms with Gasteiger partial charge in [-0.2, -0.15) is 0 Å². The van der Waals surface area contributed by atoms with Crippen molar-refractivity contribution in [3.8, 4) is 0 Å². The van der Waals surface area contributed by atoms with Crippen molar-refractivity contribution in [2.75, 3.05) is 0 Å². The van der Waals surface area contributed by atoms with Crippen LogP contribution >= 0.6 is 0 Å². The van der Waals surface area contributed by atoms with Gasteiger partial charge in [-0.3, -0.25) is 4.79 Å². The average Bonchev–Trinajstić information content (AvgIpc) is 2.72. The highest BCUT2D eigenvalue weighted by Crippen LogP contribution is 2.18. The van der Waals surface area contributed by atoms with Crippen LogP contribution in [0.3, 0.4) is 0 Å². The van der Waals surface area contributed by atoms with Crippen LogP contribution in [0.15, 0.2) is 42.7 Å². The standard InChI is InChI=1S/C12H8N2O/c15-8-10-7-14-6-5-9-3-1-2-4-11(9)12(14)13-10/h1-8H. The molecule has 0 amide bonds. The average molecular weight is 196 g/mol. The molecule has 72 valence electrons. The Labute approximate surface area is 86.0 Å². The highest BCUT2D eigenvalue weighted by molar-refractivity contribution is 5.94. The summed E-state index contributed by atoms with van der Waals surface area (Å²) in [5, 5.41) is 2.20. The van der Waals surface area contributed by atoms with E-state index in [1.54, 1.807) is 6.20 Å². The van der Waals surface area contributed by atoms with Gasteiger partial charge in [0.05, 0.1) is 0 Å². The van der Waals surface area contributed by atoms with Crippen molar-refractivity contribution in [1.29, 1.82) is 0 Å². The van der Waals surface area contributed by atoms with Gasteiger partial charge >= 0.3 is 0 Å². The predicted molar refractivity (Wildman–Crippen MR) is 58.1 cm³/mol. The second-order valence-corrected chi connectivity index (χ2v) is 3.42. The fraction of sp³-hybridized carbons (Fsp3) is 0. The lowest BCUT2D eigenvalue weighted by atomic mass is 10.2. The summed E-state index contributed by atoms with van der Waals surface area (Å²) in [7, 11) is 0. The lowest BCUT2D eigenvalue weighted by molar-refractivity contribution is 0.111. The molecule has 3 heteroatoms. The molecule has 0 aliphatic carbocycles. The minimum atomic E-state index is 0.464. The Hall–Kier alpha value is -2.16. The molecule has 0 bridgehead atoms. The maximum absolute atomic E-state index is 10.6. The van der Waals surface area contributed by atoms with Crippen molar-refractivity contribution in [1.82, 2.24) is 9.38 Å². The van der Waals surface area contributed by atoms with Gasteiger partial charge in [0.15, 0.2) is 6.29 Å². The number of aldehydes is 1. The Balaban J connectivity index is 2.52. The van der Waals surface area contributed by atoms with Crippen LogP contribution in [0.25, 0.3) is 16.4 Å². The van der Waals surface area contributed by atoms with E-state index in [9.17, 15) is 4.79 Å². The van der Waals surface area contributed by atoms with Crippen molar-refractivity contribution in [2.24, 2.45) is 0 Å². The fourth-order valence-corrected chi connectivity index (χ4v) is 1.79. The van der Waals surface area contributed by atoms with Crippen molar-refractivity contribution in [3.05, 3.63) is 48.4 Å². The number of pyridine rings is 1. The van der Waals surface area contributed by atoms with Gasteiger partial charge in [0, 0.05) is 17.8 Å². The smallest absolute Gasteiger partial charge is 0.170 e. The van der Waals surface area contributed by atoms with E-state index in [-0.39, 0.29) is 0 Å². The van der Waals surface area contributed by atoms with Crippen molar-refractivity contribution < 1.29 is 4.79 Å². The highest BCUT2D eigenvalue weighted by atomic mass is 16.1. The van der Waals surface area contributed by atoms with Crippen LogP contribution in [-0.2, 0) is 0 Å². The molecule has 0 atom stereocenters. The van der Waals surface area contributed by atoms with E-state index in [0.29, 0.717) is 5.69 Å². The fourth-order valence-electron chi connectivity index (χ4n) is 1.79. The molecule has 2 aromatic heterocycles. The van der Waals surface area contributed by atoms with Crippen LogP contribution in [0.5, 0.6) is 0 Å². The first-order valence-corrected chi connectivity index (χ1v) is 4.70. The Morgan fingerprint density at radius 3 is 2.93 bits per heavy atom. The van der Waals surface area contributed by atoms with Gasteiger partial charge in [0.25, 0.3) is 0 Å². The predicted octanol–water partition coefficient (Wildman–Crippen LogP) is 2.30. The molecule has 0 radical (unpaired) electrons. The Kier molecular flexibility index (Phi) is 1.59. The van der Waals surface area contributed by atoms with E-state index in [1.807, 2.05) is 40.9 Å². The molecule has 0 aliphatic rings. The number of imidazole rings is 1. The minimum absolute atomic E-state index is 0.464. The Bertz CT molecular complexity index is 655. The zero-order valence-electron chi connectivity index (χ0n) is 7.92. The van der Waals surface area contributed by atoms with Gasteiger partial charge in [-0.1, -0.05) is 24.3 Å². The molecular weight excluding hydrogens is 188 g/mol. The highest BCUT2D eigenvalue weighted by Gasteiger charge is 2.03. The maximum atomic E-state index is 10.6. The molecule has 0 spiro atoms. The molecule has 0 saturated carbocycles. The molecule has 0 unspecified atom stereocenters. The van der Waals surface area contributed by atoms with Gasteiger partial charge in [-0.05, 0) is 11.5 Å².